The molecule has 2 saturated heterocycles. The van der Waals surface area contributed by atoms with E-state index in [2.05, 4.69) is 10.6 Å². The molecule has 0 saturated carbocycles. The van der Waals surface area contributed by atoms with Crippen LogP contribution in [0.4, 0.5) is 5.69 Å². The summed E-state index contributed by atoms with van der Waals surface area (Å²) < 4.78 is 0. The van der Waals surface area contributed by atoms with E-state index in [4.69, 9.17) is 0 Å². The number of piperidine rings is 1. The van der Waals surface area contributed by atoms with E-state index in [1.165, 1.54) is 0 Å². The second-order valence-corrected chi connectivity index (χ2v) is 5.97. The minimum atomic E-state index is -1.26. The van der Waals surface area contributed by atoms with Crippen molar-refractivity contribution in [3.63, 3.8) is 0 Å². The number of anilines is 1. The Hall–Kier alpha value is -1.22. The lowest BCUT2D eigenvalue weighted by Gasteiger charge is -2.44. The Balaban J connectivity index is 1.64. The summed E-state index contributed by atoms with van der Waals surface area (Å²) in [5.41, 5.74) is 1.01. The lowest BCUT2D eigenvalue weighted by molar-refractivity contribution is -0.164. The molecule has 0 aliphatic carbocycles. The number of hydrogen-bond acceptors (Lipinski definition) is 7. The Kier molecular flexibility index (Phi) is 4.62. The highest BCUT2D eigenvalue weighted by atomic mass is 16.4. The maximum atomic E-state index is 10.1. The molecule has 2 fully saturated rings. The Labute approximate surface area is 129 Å². The fourth-order valence-electron chi connectivity index (χ4n) is 3.34. The highest BCUT2D eigenvalue weighted by molar-refractivity contribution is 5.42. The molecule has 1 aromatic rings. The molecule has 2 aliphatic rings. The number of fused-ring (bicyclic) bond motifs is 1. The molecule has 0 amide bonds. The minimum absolute atomic E-state index is 0.0476. The Morgan fingerprint density at radius 2 is 1.82 bits per heavy atom. The van der Waals surface area contributed by atoms with E-state index in [1.54, 1.807) is 0 Å². The zero-order valence-electron chi connectivity index (χ0n) is 12.2. The van der Waals surface area contributed by atoms with Gasteiger partial charge in [0.05, 0.1) is 18.8 Å². The summed E-state index contributed by atoms with van der Waals surface area (Å²) in [7, 11) is 0. The van der Waals surface area contributed by atoms with Gasteiger partial charge in [-0.1, -0.05) is 18.2 Å². The van der Waals surface area contributed by atoms with E-state index in [0.29, 0.717) is 13.1 Å². The summed E-state index contributed by atoms with van der Waals surface area (Å²) >= 11 is 0. The molecule has 6 N–H and O–H groups in total. The second-order valence-electron chi connectivity index (χ2n) is 5.97. The van der Waals surface area contributed by atoms with Gasteiger partial charge in [0.15, 0.2) is 0 Å². The van der Waals surface area contributed by atoms with Crippen LogP contribution in [0.3, 0.4) is 0 Å². The van der Waals surface area contributed by atoms with Crippen molar-refractivity contribution in [3.05, 3.63) is 30.3 Å². The normalized spacial score (nSPS) is 38.7. The van der Waals surface area contributed by atoms with Crippen molar-refractivity contribution in [2.45, 2.75) is 36.6 Å². The Morgan fingerprint density at radius 3 is 2.50 bits per heavy atom. The van der Waals surface area contributed by atoms with E-state index in [1.807, 2.05) is 35.2 Å². The maximum absolute atomic E-state index is 10.1. The zero-order valence-corrected chi connectivity index (χ0v) is 12.2. The Morgan fingerprint density at radius 1 is 1.09 bits per heavy atom. The third kappa shape index (κ3) is 2.83. The van der Waals surface area contributed by atoms with Crippen LogP contribution in [-0.4, -0.2) is 81.6 Å². The largest absolute Gasteiger partial charge is 0.395 e. The molecule has 122 valence electrons. The first-order chi connectivity index (χ1) is 10.6. The van der Waals surface area contributed by atoms with Crippen molar-refractivity contribution >= 4 is 5.69 Å². The minimum Gasteiger partial charge on any atom is -0.395 e. The summed E-state index contributed by atoms with van der Waals surface area (Å²) in [5, 5.41) is 46.0. The first-order valence-electron chi connectivity index (χ1n) is 7.57. The Bertz CT molecular complexity index is 489. The number of benzene rings is 1. The molecule has 22 heavy (non-hydrogen) atoms. The highest BCUT2D eigenvalue weighted by Gasteiger charge is 2.51. The molecule has 2 unspecified atom stereocenters. The van der Waals surface area contributed by atoms with Crippen LogP contribution in [0.15, 0.2) is 30.3 Å². The van der Waals surface area contributed by atoms with Crippen LogP contribution in [0.1, 0.15) is 0 Å². The van der Waals surface area contributed by atoms with Gasteiger partial charge in [0.1, 0.15) is 18.3 Å². The van der Waals surface area contributed by atoms with Crippen LogP contribution < -0.4 is 10.6 Å². The van der Waals surface area contributed by atoms with E-state index < -0.39 is 30.5 Å². The van der Waals surface area contributed by atoms with E-state index in [0.717, 1.165) is 5.69 Å². The van der Waals surface area contributed by atoms with Crippen LogP contribution in [-0.2, 0) is 0 Å². The first kappa shape index (κ1) is 15.7. The van der Waals surface area contributed by atoms with Gasteiger partial charge in [-0.2, -0.15) is 0 Å². The van der Waals surface area contributed by atoms with Gasteiger partial charge in [0.2, 0.25) is 0 Å². The monoisotopic (exact) mass is 309 g/mol. The third-order valence-electron chi connectivity index (χ3n) is 4.55. The van der Waals surface area contributed by atoms with E-state index in [9.17, 15) is 20.4 Å². The van der Waals surface area contributed by atoms with Crippen molar-refractivity contribution in [3.8, 4) is 0 Å². The van der Waals surface area contributed by atoms with Crippen LogP contribution in [0.25, 0.3) is 0 Å². The van der Waals surface area contributed by atoms with Gasteiger partial charge in [0.25, 0.3) is 0 Å². The fourth-order valence-corrected chi connectivity index (χ4v) is 3.34. The number of para-hydroxylation sites is 1. The van der Waals surface area contributed by atoms with Gasteiger partial charge in [-0.3, -0.25) is 10.2 Å². The quantitative estimate of drug-likeness (QED) is 0.388. The van der Waals surface area contributed by atoms with Crippen molar-refractivity contribution in [2.75, 3.05) is 25.0 Å². The molecule has 6 atom stereocenters. The van der Waals surface area contributed by atoms with Crippen molar-refractivity contribution < 1.29 is 20.4 Å². The van der Waals surface area contributed by atoms with Crippen molar-refractivity contribution in [1.82, 2.24) is 10.2 Å². The molecule has 1 aromatic carbocycles. The average molecular weight is 309 g/mol. The summed E-state index contributed by atoms with van der Waals surface area (Å²) in [4.78, 5) is 1.83. The number of aliphatic hydroxyl groups excluding tert-OH is 4. The lowest BCUT2D eigenvalue weighted by Crippen LogP contribution is -2.67. The molecular weight excluding hydrogens is 286 g/mol. The SMILES string of the molecule is OC[C@@H]1[C@@H](O)[C@H](O)[C@@H](O)C2NC(CNc3ccccc3)CN21. The molecule has 3 rings (SSSR count). The van der Waals surface area contributed by atoms with Gasteiger partial charge >= 0.3 is 0 Å². The molecule has 0 bridgehead atoms. The van der Waals surface area contributed by atoms with Gasteiger partial charge in [-0.25, -0.2) is 0 Å². The molecule has 0 spiro atoms. The van der Waals surface area contributed by atoms with Gasteiger partial charge in [-0.05, 0) is 12.1 Å². The van der Waals surface area contributed by atoms with E-state index >= 15 is 0 Å². The topological polar surface area (TPSA) is 108 Å². The van der Waals surface area contributed by atoms with Crippen molar-refractivity contribution in [2.24, 2.45) is 0 Å². The fraction of sp³-hybridized carbons (Fsp3) is 0.600. The molecule has 7 heteroatoms. The predicted molar refractivity (Wildman–Crippen MR) is 81.2 cm³/mol. The smallest absolute Gasteiger partial charge is 0.111 e. The standard InChI is InChI=1S/C15H23N3O4/c19-8-11-12(20)13(21)14(22)15-17-10(7-18(11)15)6-16-9-4-2-1-3-5-9/h1-5,10-17,19-22H,6-8H2/t10?,11-,12-,13+,14-,15?/m1/s1. The lowest BCUT2D eigenvalue weighted by atomic mass is 9.92. The van der Waals surface area contributed by atoms with E-state index in [-0.39, 0.29) is 12.6 Å². The zero-order chi connectivity index (χ0) is 15.7. The molecule has 2 aliphatic heterocycles. The molecule has 0 aromatic heterocycles. The van der Waals surface area contributed by atoms with Crippen LogP contribution in [0.5, 0.6) is 0 Å². The summed E-state index contributed by atoms with van der Waals surface area (Å²) in [5.74, 6) is 0. The number of nitrogens with zero attached hydrogens (tertiary/aromatic N) is 1. The number of nitrogens with one attached hydrogen (secondary N) is 2. The van der Waals surface area contributed by atoms with Gasteiger partial charge in [0, 0.05) is 24.8 Å². The van der Waals surface area contributed by atoms with Gasteiger partial charge in [-0.15, -0.1) is 0 Å². The summed E-state index contributed by atoms with van der Waals surface area (Å²) in [6.07, 6.45) is -3.96. The molecular formula is C15H23N3O4. The second kappa shape index (κ2) is 6.49. The number of rotatable bonds is 4. The maximum Gasteiger partial charge on any atom is 0.111 e. The summed E-state index contributed by atoms with van der Waals surface area (Å²) in [6.45, 7) is 0.965. The van der Waals surface area contributed by atoms with Gasteiger partial charge < -0.3 is 25.7 Å². The number of aliphatic hydroxyl groups is 4. The number of hydrogen-bond donors (Lipinski definition) is 6. The van der Waals surface area contributed by atoms with Crippen LogP contribution >= 0.6 is 0 Å². The average Bonchev–Trinajstić information content (AvgIpc) is 2.96. The highest BCUT2D eigenvalue weighted by Crippen LogP contribution is 2.27. The van der Waals surface area contributed by atoms with Crippen LogP contribution in [0.2, 0.25) is 0 Å². The third-order valence-corrected chi connectivity index (χ3v) is 4.55. The van der Waals surface area contributed by atoms with Crippen LogP contribution in [0, 0.1) is 0 Å². The molecule has 7 nitrogen and oxygen atoms in total. The molecule has 2 heterocycles. The predicted octanol–water partition coefficient (Wildman–Crippen LogP) is -1.84. The first-order valence-corrected chi connectivity index (χ1v) is 7.57. The van der Waals surface area contributed by atoms with Crippen molar-refractivity contribution in [1.29, 1.82) is 0 Å². The summed E-state index contributed by atoms with van der Waals surface area (Å²) in [6, 6.07) is 9.27. The molecule has 0 radical (unpaired) electrons.